The molecule has 17 heavy (non-hydrogen) atoms. The van der Waals surface area contributed by atoms with Crippen LogP contribution in [0.1, 0.15) is 30.0 Å². The van der Waals surface area contributed by atoms with Crippen LogP contribution in [-0.2, 0) is 0 Å². The lowest BCUT2D eigenvalue weighted by atomic mass is 9.99. The zero-order chi connectivity index (χ0) is 13.2. The van der Waals surface area contributed by atoms with Gasteiger partial charge in [-0.25, -0.2) is 8.78 Å². The van der Waals surface area contributed by atoms with Crippen molar-refractivity contribution in [2.45, 2.75) is 32.0 Å². The van der Waals surface area contributed by atoms with Gasteiger partial charge in [-0.2, -0.15) is 13.2 Å². The predicted molar refractivity (Wildman–Crippen MR) is 53.3 cm³/mol. The summed E-state index contributed by atoms with van der Waals surface area (Å²) in [6, 6.07) is 0.919. The summed E-state index contributed by atoms with van der Waals surface area (Å²) in [6.45, 7) is 1.40. The Kier molecular flexibility index (Phi) is 4.08. The van der Waals surface area contributed by atoms with Gasteiger partial charge in [0.25, 0.3) is 0 Å². The number of nitrogens with two attached hydrogens (primary N) is 1. The van der Waals surface area contributed by atoms with E-state index in [4.69, 9.17) is 5.73 Å². The van der Waals surface area contributed by atoms with E-state index in [1.54, 1.807) is 0 Å². The third kappa shape index (κ3) is 3.66. The second-order valence-corrected chi connectivity index (χ2v) is 3.85. The number of benzene rings is 1. The fraction of sp³-hybridized carbons (Fsp3) is 0.455. The van der Waals surface area contributed by atoms with Gasteiger partial charge in [-0.15, -0.1) is 0 Å². The second-order valence-electron chi connectivity index (χ2n) is 3.85. The third-order valence-electron chi connectivity index (χ3n) is 2.43. The highest BCUT2D eigenvalue weighted by Gasteiger charge is 2.29. The van der Waals surface area contributed by atoms with E-state index in [0.717, 1.165) is 6.07 Å². The first-order valence-electron chi connectivity index (χ1n) is 4.99. The summed E-state index contributed by atoms with van der Waals surface area (Å²) in [6.07, 6.45) is -6.09. The van der Waals surface area contributed by atoms with Crippen LogP contribution in [0.3, 0.4) is 0 Å². The molecule has 0 heterocycles. The first-order valence-corrected chi connectivity index (χ1v) is 4.99. The molecule has 1 unspecified atom stereocenters. The Labute approximate surface area is 95.4 Å². The van der Waals surface area contributed by atoms with Crippen molar-refractivity contribution < 1.29 is 22.0 Å². The van der Waals surface area contributed by atoms with E-state index in [2.05, 4.69) is 0 Å². The Hall–Kier alpha value is -1.17. The molecule has 1 nitrogen and oxygen atoms in total. The number of hydrogen-bond donors (Lipinski definition) is 1. The maximum absolute atomic E-state index is 13.5. The van der Waals surface area contributed by atoms with Crippen molar-refractivity contribution in [3.8, 4) is 0 Å². The molecule has 6 heteroatoms. The van der Waals surface area contributed by atoms with Crippen LogP contribution in [0.25, 0.3) is 0 Å². The monoisotopic (exact) mass is 253 g/mol. The summed E-state index contributed by atoms with van der Waals surface area (Å²) in [5.41, 5.74) is 5.07. The predicted octanol–water partition coefficient (Wildman–Crippen LogP) is 3.62. The summed E-state index contributed by atoms with van der Waals surface area (Å²) < 4.78 is 62.7. The molecule has 0 saturated heterocycles. The van der Waals surface area contributed by atoms with Crippen LogP contribution < -0.4 is 5.73 Å². The Bertz CT molecular complexity index is 400. The van der Waals surface area contributed by atoms with Crippen LogP contribution in [-0.4, -0.2) is 6.18 Å². The van der Waals surface area contributed by atoms with Crippen molar-refractivity contribution in [3.63, 3.8) is 0 Å². The normalized spacial score (nSPS) is 13.8. The summed E-state index contributed by atoms with van der Waals surface area (Å²) >= 11 is 0. The summed E-state index contributed by atoms with van der Waals surface area (Å²) in [7, 11) is 0. The lowest BCUT2D eigenvalue weighted by Gasteiger charge is -2.16. The van der Waals surface area contributed by atoms with Crippen molar-refractivity contribution in [1.82, 2.24) is 0 Å². The second kappa shape index (κ2) is 5.00. The fourth-order valence-corrected chi connectivity index (χ4v) is 1.48. The van der Waals surface area contributed by atoms with Gasteiger partial charge in [-0.1, -0.05) is 6.07 Å². The summed E-state index contributed by atoms with van der Waals surface area (Å²) in [5, 5.41) is 0. The first-order chi connectivity index (χ1) is 7.72. The van der Waals surface area contributed by atoms with Gasteiger partial charge in [0.1, 0.15) is 11.6 Å². The molecule has 1 atom stereocenters. The van der Waals surface area contributed by atoms with E-state index in [1.165, 1.54) is 13.0 Å². The van der Waals surface area contributed by atoms with Gasteiger partial charge in [0.2, 0.25) is 0 Å². The number of hydrogen-bond acceptors (Lipinski definition) is 1. The highest BCUT2D eigenvalue weighted by atomic mass is 19.4. The summed E-state index contributed by atoms with van der Waals surface area (Å²) in [5.74, 6) is -1.79. The maximum Gasteiger partial charge on any atom is 0.389 e. The average Bonchev–Trinajstić information content (AvgIpc) is 2.20. The van der Waals surface area contributed by atoms with Crippen molar-refractivity contribution in [3.05, 3.63) is 34.9 Å². The Morgan fingerprint density at radius 2 is 1.82 bits per heavy atom. The molecule has 1 rings (SSSR count). The third-order valence-corrected chi connectivity index (χ3v) is 2.43. The van der Waals surface area contributed by atoms with Gasteiger partial charge in [0, 0.05) is 18.0 Å². The molecule has 0 amide bonds. The van der Waals surface area contributed by atoms with Crippen molar-refractivity contribution in [2.75, 3.05) is 0 Å². The molecule has 1 aromatic carbocycles. The fourth-order valence-electron chi connectivity index (χ4n) is 1.48. The minimum absolute atomic E-state index is 0.156. The number of alkyl halides is 3. The highest BCUT2D eigenvalue weighted by Crippen LogP contribution is 2.29. The van der Waals surface area contributed by atoms with Crippen LogP contribution in [0, 0.1) is 18.6 Å². The van der Waals surface area contributed by atoms with Gasteiger partial charge in [0.05, 0.1) is 0 Å². The smallest absolute Gasteiger partial charge is 0.324 e. The SMILES string of the molecule is Cc1ccc(F)c(C(N)CCC(F)(F)F)c1F. The van der Waals surface area contributed by atoms with E-state index < -0.39 is 42.3 Å². The topological polar surface area (TPSA) is 26.0 Å². The minimum atomic E-state index is -4.38. The molecular formula is C11H12F5N. The lowest BCUT2D eigenvalue weighted by molar-refractivity contribution is -0.136. The molecule has 0 aliphatic heterocycles. The quantitative estimate of drug-likeness (QED) is 0.818. The molecule has 0 aliphatic rings. The largest absolute Gasteiger partial charge is 0.389 e. The molecule has 0 radical (unpaired) electrons. The van der Waals surface area contributed by atoms with Gasteiger partial charge in [-0.3, -0.25) is 0 Å². The van der Waals surface area contributed by atoms with Crippen molar-refractivity contribution in [1.29, 1.82) is 0 Å². The van der Waals surface area contributed by atoms with Crippen molar-refractivity contribution in [2.24, 2.45) is 5.73 Å². The molecule has 96 valence electrons. The Morgan fingerprint density at radius 1 is 1.24 bits per heavy atom. The van der Waals surface area contributed by atoms with Crippen LogP contribution >= 0.6 is 0 Å². The Balaban J connectivity index is 2.89. The van der Waals surface area contributed by atoms with Crippen molar-refractivity contribution >= 4 is 0 Å². The van der Waals surface area contributed by atoms with Crippen LogP contribution in [0.4, 0.5) is 22.0 Å². The molecule has 0 bridgehead atoms. The highest BCUT2D eigenvalue weighted by molar-refractivity contribution is 5.29. The van der Waals surface area contributed by atoms with Crippen LogP contribution in [0.15, 0.2) is 12.1 Å². The summed E-state index contributed by atoms with van der Waals surface area (Å²) in [4.78, 5) is 0. The maximum atomic E-state index is 13.5. The molecule has 2 N–H and O–H groups in total. The van der Waals surface area contributed by atoms with E-state index in [-0.39, 0.29) is 5.56 Å². The molecule has 0 aliphatic carbocycles. The molecule has 0 spiro atoms. The van der Waals surface area contributed by atoms with Crippen LogP contribution in [0.2, 0.25) is 0 Å². The van der Waals surface area contributed by atoms with E-state index in [1.807, 2.05) is 0 Å². The molecular weight excluding hydrogens is 241 g/mol. The molecule has 0 saturated carbocycles. The molecule has 1 aromatic rings. The number of rotatable bonds is 3. The van der Waals surface area contributed by atoms with Gasteiger partial charge >= 0.3 is 6.18 Å². The van der Waals surface area contributed by atoms with Gasteiger partial charge in [-0.05, 0) is 25.0 Å². The van der Waals surface area contributed by atoms with Gasteiger partial charge in [0.15, 0.2) is 0 Å². The standard InChI is InChI=1S/C11H12F5N/c1-6-2-3-7(12)9(10(6)13)8(17)4-5-11(14,15)16/h2-3,8H,4-5,17H2,1H3. The molecule has 0 fully saturated rings. The number of halogens is 5. The number of aryl methyl sites for hydroxylation is 1. The Morgan fingerprint density at radius 3 is 2.35 bits per heavy atom. The molecule has 0 aromatic heterocycles. The zero-order valence-electron chi connectivity index (χ0n) is 9.11. The lowest BCUT2D eigenvalue weighted by Crippen LogP contribution is -2.18. The first kappa shape index (κ1) is 13.9. The minimum Gasteiger partial charge on any atom is -0.324 e. The van der Waals surface area contributed by atoms with Gasteiger partial charge < -0.3 is 5.73 Å². The van der Waals surface area contributed by atoms with E-state index in [0.29, 0.717) is 0 Å². The van der Waals surface area contributed by atoms with E-state index >= 15 is 0 Å². The van der Waals surface area contributed by atoms with Crippen LogP contribution in [0.5, 0.6) is 0 Å². The van der Waals surface area contributed by atoms with E-state index in [9.17, 15) is 22.0 Å². The zero-order valence-corrected chi connectivity index (χ0v) is 9.11. The average molecular weight is 253 g/mol.